The van der Waals surface area contributed by atoms with Crippen LogP contribution in [-0.4, -0.2) is 25.8 Å². The molecule has 0 bridgehead atoms. The van der Waals surface area contributed by atoms with Gasteiger partial charge in [0.2, 0.25) is 0 Å². The van der Waals surface area contributed by atoms with Gasteiger partial charge in [-0.1, -0.05) is 23.7 Å². The Kier molecular flexibility index (Phi) is 4.55. The third-order valence-electron chi connectivity index (χ3n) is 3.95. The van der Waals surface area contributed by atoms with Gasteiger partial charge in [0.25, 0.3) is 5.56 Å². The Hall–Kier alpha value is -2.37. The standard InChI is InChI=1S/C18H18ClN3O2/c1-12-18(14-4-3-5-15(19)10-14)20-13(2)22(12)16-6-7-21(8-9-23)17(24)11-16/h3-7,10-11,23H,8-9H2,1-2H3. The summed E-state index contributed by atoms with van der Waals surface area (Å²) in [4.78, 5) is 16.8. The number of hydrogen-bond donors (Lipinski definition) is 1. The summed E-state index contributed by atoms with van der Waals surface area (Å²) < 4.78 is 3.42. The van der Waals surface area contributed by atoms with Crippen molar-refractivity contribution >= 4 is 11.6 Å². The summed E-state index contributed by atoms with van der Waals surface area (Å²) in [6.45, 7) is 4.09. The molecule has 0 saturated heterocycles. The third-order valence-corrected chi connectivity index (χ3v) is 4.19. The van der Waals surface area contributed by atoms with Gasteiger partial charge >= 0.3 is 0 Å². The van der Waals surface area contributed by atoms with E-state index in [1.165, 1.54) is 4.57 Å². The highest BCUT2D eigenvalue weighted by Crippen LogP contribution is 2.27. The highest BCUT2D eigenvalue weighted by Gasteiger charge is 2.15. The molecule has 0 aliphatic rings. The molecule has 24 heavy (non-hydrogen) atoms. The van der Waals surface area contributed by atoms with Gasteiger partial charge in [-0.05, 0) is 32.0 Å². The van der Waals surface area contributed by atoms with Crippen LogP contribution in [0.1, 0.15) is 11.5 Å². The quantitative estimate of drug-likeness (QED) is 0.792. The van der Waals surface area contributed by atoms with Gasteiger partial charge in [-0.3, -0.25) is 4.79 Å². The highest BCUT2D eigenvalue weighted by atomic mass is 35.5. The summed E-state index contributed by atoms with van der Waals surface area (Å²) >= 11 is 6.08. The molecule has 3 aromatic rings. The summed E-state index contributed by atoms with van der Waals surface area (Å²) in [6.07, 6.45) is 1.69. The van der Waals surface area contributed by atoms with E-state index in [9.17, 15) is 4.79 Å². The lowest BCUT2D eigenvalue weighted by atomic mass is 10.1. The zero-order chi connectivity index (χ0) is 17.3. The molecule has 124 valence electrons. The SMILES string of the molecule is Cc1nc(-c2cccc(Cl)c2)c(C)n1-c1ccn(CCO)c(=O)c1. The van der Waals surface area contributed by atoms with Gasteiger partial charge in [-0.25, -0.2) is 4.98 Å². The average Bonchev–Trinajstić information content (AvgIpc) is 2.84. The second-order valence-corrected chi connectivity index (χ2v) is 6.02. The number of aryl methyl sites for hydroxylation is 1. The number of hydrogen-bond acceptors (Lipinski definition) is 3. The molecule has 0 amide bonds. The maximum absolute atomic E-state index is 12.1. The average molecular weight is 344 g/mol. The maximum atomic E-state index is 12.1. The number of benzene rings is 1. The number of imidazole rings is 1. The first-order valence-electron chi connectivity index (χ1n) is 7.65. The van der Waals surface area contributed by atoms with E-state index >= 15 is 0 Å². The largest absolute Gasteiger partial charge is 0.395 e. The van der Waals surface area contributed by atoms with E-state index < -0.39 is 0 Å². The van der Waals surface area contributed by atoms with Gasteiger partial charge in [0, 0.05) is 35.1 Å². The second kappa shape index (κ2) is 6.63. The molecule has 5 nitrogen and oxygen atoms in total. The van der Waals surface area contributed by atoms with E-state index in [0.29, 0.717) is 5.02 Å². The second-order valence-electron chi connectivity index (χ2n) is 5.58. The van der Waals surface area contributed by atoms with Gasteiger partial charge in [0.05, 0.1) is 18.0 Å². The van der Waals surface area contributed by atoms with Crippen molar-refractivity contribution in [3.63, 3.8) is 0 Å². The molecule has 0 aliphatic carbocycles. The number of rotatable bonds is 4. The monoisotopic (exact) mass is 343 g/mol. The third kappa shape index (κ3) is 3.00. The van der Waals surface area contributed by atoms with Crippen LogP contribution in [-0.2, 0) is 6.54 Å². The molecule has 3 rings (SSSR count). The van der Waals surface area contributed by atoms with E-state index in [0.717, 1.165) is 28.5 Å². The van der Waals surface area contributed by atoms with Gasteiger partial charge in [0.15, 0.2) is 0 Å². The van der Waals surface area contributed by atoms with Crippen LogP contribution < -0.4 is 5.56 Å². The van der Waals surface area contributed by atoms with E-state index in [-0.39, 0.29) is 18.7 Å². The number of aromatic nitrogens is 3. The Morgan fingerprint density at radius 1 is 1.21 bits per heavy atom. The van der Waals surface area contributed by atoms with Gasteiger partial charge in [0.1, 0.15) is 5.82 Å². The summed E-state index contributed by atoms with van der Waals surface area (Å²) in [5.41, 5.74) is 3.32. The van der Waals surface area contributed by atoms with E-state index in [1.807, 2.05) is 48.7 Å². The van der Waals surface area contributed by atoms with Crippen molar-refractivity contribution in [2.45, 2.75) is 20.4 Å². The van der Waals surface area contributed by atoms with E-state index in [4.69, 9.17) is 16.7 Å². The number of halogens is 1. The van der Waals surface area contributed by atoms with Gasteiger partial charge < -0.3 is 14.2 Å². The molecule has 0 unspecified atom stereocenters. The van der Waals surface area contributed by atoms with Crippen LogP contribution in [0.25, 0.3) is 16.9 Å². The Labute approximate surface area is 144 Å². The predicted octanol–water partition coefficient (Wildman–Crippen LogP) is 2.96. The van der Waals surface area contributed by atoms with Crippen LogP contribution in [0.2, 0.25) is 5.02 Å². The van der Waals surface area contributed by atoms with Crippen molar-refractivity contribution in [3.8, 4) is 16.9 Å². The molecule has 2 aromatic heterocycles. The van der Waals surface area contributed by atoms with Crippen LogP contribution >= 0.6 is 11.6 Å². The lowest BCUT2D eigenvalue weighted by Gasteiger charge is -2.10. The van der Waals surface area contributed by atoms with Crippen molar-refractivity contribution in [2.24, 2.45) is 0 Å². The molecular formula is C18H18ClN3O2. The summed E-state index contributed by atoms with van der Waals surface area (Å²) in [5, 5.41) is 9.64. The van der Waals surface area contributed by atoms with E-state index in [2.05, 4.69) is 4.98 Å². The maximum Gasteiger partial charge on any atom is 0.252 e. The topological polar surface area (TPSA) is 60.1 Å². The molecule has 0 fully saturated rings. The molecule has 1 aromatic carbocycles. The predicted molar refractivity (Wildman–Crippen MR) is 94.8 cm³/mol. The molecule has 2 heterocycles. The zero-order valence-electron chi connectivity index (χ0n) is 13.5. The fourth-order valence-electron chi connectivity index (χ4n) is 2.86. The molecule has 0 atom stereocenters. The first kappa shape index (κ1) is 16.5. The van der Waals surface area contributed by atoms with Crippen LogP contribution in [0, 0.1) is 13.8 Å². The summed E-state index contributed by atoms with van der Waals surface area (Å²) in [6, 6.07) is 11.0. The molecular weight excluding hydrogens is 326 g/mol. The van der Waals surface area contributed by atoms with Gasteiger partial charge in [-0.15, -0.1) is 0 Å². The van der Waals surface area contributed by atoms with Crippen molar-refractivity contribution in [1.29, 1.82) is 0 Å². The minimum Gasteiger partial charge on any atom is -0.395 e. The van der Waals surface area contributed by atoms with Crippen LogP contribution in [0.4, 0.5) is 0 Å². The smallest absolute Gasteiger partial charge is 0.252 e. The Bertz CT molecular complexity index is 944. The van der Waals surface area contributed by atoms with Crippen LogP contribution in [0.5, 0.6) is 0 Å². The van der Waals surface area contributed by atoms with Crippen molar-refractivity contribution in [1.82, 2.24) is 14.1 Å². The Morgan fingerprint density at radius 2 is 2.00 bits per heavy atom. The van der Waals surface area contributed by atoms with Crippen molar-refractivity contribution < 1.29 is 5.11 Å². The minimum atomic E-state index is -0.154. The number of aliphatic hydroxyl groups excluding tert-OH is 1. The summed E-state index contributed by atoms with van der Waals surface area (Å²) in [7, 11) is 0. The normalized spacial score (nSPS) is 11.0. The van der Waals surface area contributed by atoms with Crippen LogP contribution in [0.15, 0.2) is 47.4 Å². The molecule has 1 N–H and O–H groups in total. The summed E-state index contributed by atoms with van der Waals surface area (Å²) in [5.74, 6) is 0.793. The Balaban J connectivity index is 2.10. The number of aliphatic hydroxyl groups is 1. The number of nitrogens with zero attached hydrogens (tertiary/aromatic N) is 3. The van der Waals surface area contributed by atoms with E-state index in [1.54, 1.807) is 12.3 Å². The minimum absolute atomic E-state index is 0.0682. The first-order valence-corrected chi connectivity index (χ1v) is 8.02. The molecule has 0 spiro atoms. The first-order chi connectivity index (χ1) is 11.5. The fourth-order valence-corrected chi connectivity index (χ4v) is 3.05. The van der Waals surface area contributed by atoms with Crippen LogP contribution in [0.3, 0.4) is 0 Å². The molecule has 0 radical (unpaired) electrons. The molecule has 0 saturated carbocycles. The van der Waals surface area contributed by atoms with Gasteiger partial charge in [-0.2, -0.15) is 0 Å². The Morgan fingerprint density at radius 3 is 2.67 bits per heavy atom. The highest BCUT2D eigenvalue weighted by molar-refractivity contribution is 6.30. The lowest BCUT2D eigenvalue weighted by Crippen LogP contribution is -2.21. The van der Waals surface area contributed by atoms with Crippen molar-refractivity contribution in [3.05, 3.63) is 69.5 Å². The van der Waals surface area contributed by atoms with Crippen molar-refractivity contribution in [2.75, 3.05) is 6.61 Å². The fraction of sp³-hybridized carbons (Fsp3) is 0.222. The molecule has 0 aliphatic heterocycles. The number of pyridine rings is 1. The lowest BCUT2D eigenvalue weighted by molar-refractivity contribution is 0.274. The molecule has 6 heteroatoms. The zero-order valence-corrected chi connectivity index (χ0v) is 14.3.